The van der Waals surface area contributed by atoms with Gasteiger partial charge in [-0.05, 0) is 18.2 Å². The maximum atomic E-state index is 11.3. The zero-order valence-electron chi connectivity index (χ0n) is 6.55. The number of carbonyl (C=O) groups excluding carboxylic acids is 1. The van der Waals surface area contributed by atoms with E-state index in [-0.39, 0.29) is 11.1 Å². The number of rotatable bonds is 2. The Morgan fingerprint density at radius 1 is 1.62 bits per heavy atom. The van der Waals surface area contributed by atoms with Gasteiger partial charge in [-0.1, -0.05) is 27.5 Å². The third-order valence-electron chi connectivity index (χ3n) is 1.52. The lowest BCUT2D eigenvalue weighted by Gasteiger charge is -2.00. The highest BCUT2D eigenvalue weighted by Crippen LogP contribution is 2.18. The van der Waals surface area contributed by atoms with Crippen molar-refractivity contribution in [2.24, 2.45) is 0 Å². The Balaban J connectivity index is 3.20. The lowest BCUT2D eigenvalue weighted by atomic mass is 10.1. The number of nitrogens with zero attached hydrogens (tertiary/aromatic N) is 1. The third-order valence-corrected chi connectivity index (χ3v) is 2.36. The molecule has 0 heterocycles. The summed E-state index contributed by atoms with van der Waals surface area (Å²) in [5, 5.41) is 9.18. The van der Waals surface area contributed by atoms with Gasteiger partial charge in [0, 0.05) is 5.56 Å². The van der Waals surface area contributed by atoms with E-state index in [1.165, 1.54) is 6.07 Å². The molecule has 0 amide bonds. The third kappa shape index (κ3) is 2.30. The van der Waals surface area contributed by atoms with Crippen LogP contribution < -0.4 is 0 Å². The predicted molar refractivity (Wildman–Crippen MR) is 54.3 cm³/mol. The molecule has 0 aliphatic carbocycles. The zero-order valence-corrected chi connectivity index (χ0v) is 8.89. The molecule has 1 aromatic carbocycles. The van der Waals surface area contributed by atoms with Gasteiger partial charge in [-0.15, -0.1) is 0 Å². The minimum Gasteiger partial charge on any atom is -0.293 e. The van der Waals surface area contributed by atoms with Gasteiger partial charge in [0.25, 0.3) is 0 Å². The molecule has 0 atom stereocenters. The molecule has 0 aromatic heterocycles. The van der Waals surface area contributed by atoms with Crippen molar-refractivity contribution in [1.29, 1.82) is 5.26 Å². The highest BCUT2D eigenvalue weighted by atomic mass is 79.9. The molecule has 0 N–H and O–H groups in total. The topological polar surface area (TPSA) is 40.9 Å². The highest BCUT2D eigenvalue weighted by molar-refractivity contribution is 9.09. The molecule has 4 heteroatoms. The summed E-state index contributed by atoms with van der Waals surface area (Å²) < 4.78 is 0. The van der Waals surface area contributed by atoms with Gasteiger partial charge in [-0.2, -0.15) is 5.26 Å². The first-order valence-electron chi connectivity index (χ1n) is 3.48. The largest absolute Gasteiger partial charge is 0.293 e. The van der Waals surface area contributed by atoms with E-state index < -0.39 is 0 Å². The Morgan fingerprint density at radius 2 is 2.31 bits per heavy atom. The standard InChI is InChI=1S/C9H5BrClNO/c10-4-9(13)7-3-6(5-12)1-2-8(7)11/h1-3H,4H2. The van der Waals surface area contributed by atoms with E-state index in [0.29, 0.717) is 16.1 Å². The van der Waals surface area contributed by atoms with E-state index in [1.807, 2.05) is 6.07 Å². The Bertz CT molecular complexity index is 384. The summed E-state index contributed by atoms with van der Waals surface area (Å²) in [5.41, 5.74) is 0.825. The molecule has 1 rings (SSSR count). The minimum absolute atomic E-state index is 0.123. The Labute approximate surface area is 89.3 Å². The molecule has 0 aliphatic rings. The highest BCUT2D eigenvalue weighted by Gasteiger charge is 2.09. The second-order valence-electron chi connectivity index (χ2n) is 2.36. The fourth-order valence-electron chi connectivity index (χ4n) is 0.880. The lowest BCUT2D eigenvalue weighted by molar-refractivity contribution is 0.102. The number of Topliss-reactive ketones (excluding diaryl/α,β-unsaturated/α-hetero) is 1. The number of halogens is 2. The zero-order chi connectivity index (χ0) is 9.84. The molecule has 66 valence electrons. The SMILES string of the molecule is N#Cc1ccc(Cl)c(C(=O)CBr)c1. The van der Waals surface area contributed by atoms with Crippen LogP contribution in [0.3, 0.4) is 0 Å². The minimum atomic E-state index is -0.123. The number of benzene rings is 1. The van der Waals surface area contributed by atoms with Crippen LogP contribution in [-0.2, 0) is 0 Å². The first-order valence-corrected chi connectivity index (χ1v) is 4.97. The molecule has 1 aromatic rings. The summed E-state index contributed by atoms with van der Waals surface area (Å²) in [6.07, 6.45) is 0. The molecule has 0 radical (unpaired) electrons. The number of alkyl halides is 1. The summed E-state index contributed by atoms with van der Waals surface area (Å²) in [4.78, 5) is 11.3. The van der Waals surface area contributed by atoms with Gasteiger partial charge >= 0.3 is 0 Å². The van der Waals surface area contributed by atoms with Crippen LogP contribution in [0.25, 0.3) is 0 Å². The van der Waals surface area contributed by atoms with Crippen molar-refractivity contribution in [3.05, 3.63) is 34.3 Å². The van der Waals surface area contributed by atoms with Crippen molar-refractivity contribution in [3.63, 3.8) is 0 Å². The van der Waals surface area contributed by atoms with Crippen LogP contribution in [0.5, 0.6) is 0 Å². The van der Waals surface area contributed by atoms with E-state index in [4.69, 9.17) is 16.9 Å². The van der Waals surface area contributed by atoms with Crippen molar-refractivity contribution in [2.75, 3.05) is 5.33 Å². The fourth-order valence-corrected chi connectivity index (χ4v) is 1.41. The lowest BCUT2D eigenvalue weighted by Crippen LogP contribution is -2.01. The van der Waals surface area contributed by atoms with Crippen molar-refractivity contribution in [1.82, 2.24) is 0 Å². The average molecular weight is 259 g/mol. The molecule has 0 saturated carbocycles. The van der Waals surface area contributed by atoms with E-state index in [9.17, 15) is 4.79 Å². The summed E-state index contributed by atoms with van der Waals surface area (Å²) in [6.45, 7) is 0. The van der Waals surface area contributed by atoms with E-state index in [2.05, 4.69) is 15.9 Å². The summed E-state index contributed by atoms with van der Waals surface area (Å²) in [6, 6.07) is 6.57. The van der Waals surface area contributed by atoms with Crippen LogP contribution >= 0.6 is 27.5 Å². The van der Waals surface area contributed by atoms with E-state index in [0.717, 1.165) is 0 Å². The number of nitriles is 1. The first kappa shape index (κ1) is 10.2. The number of ketones is 1. The van der Waals surface area contributed by atoms with Gasteiger partial charge in [-0.25, -0.2) is 0 Å². The molecule has 0 fully saturated rings. The van der Waals surface area contributed by atoms with Gasteiger partial charge in [0.2, 0.25) is 0 Å². The Morgan fingerprint density at radius 3 is 2.85 bits per heavy atom. The Kier molecular flexibility index (Phi) is 3.47. The quantitative estimate of drug-likeness (QED) is 0.604. The van der Waals surface area contributed by atoms with Crippen LogP contribution in [0.15, 0.2) is 18.2 Å². The summed E-state index contributed by atoms with van der Waals surface area (Å²) in [7, 11) is 0. The van der Waals surface area contributed by atoms with Crippen LogP contribution in [0.4, 0.5) is 0 Å². The van der Waals surface area contributed by atoms with Gasteiger partial charge in [0.15, 0.2) is 5.78 Å². The van der Waals surface area contributed by atoms with Crippen molar-refractivity contribution >= 4 is 33.3 Å². The van der Waals surface area contributed by atoms with Gasteiger partial charge in [0.1, 0.15) is 0 Å². The van der Waals surface area contributed by atoms with Gasteiger partial charge < -0.3 is 0 Å². The molecule has 13 heavy (non-hydrogen) atoms. The number of hydrogen-bond donors (Lipinski definition) is 0. The van der Waals surface area contributed by atoms with Crippen LogP contribution in [0, 0.1) is 11.3 Å². The summed E-state index contributed by atoms with van der Waals surface area (Å²) >= 11 is 8.82. The molecule has 0 unspecified atom stereocenters. The van der Waals surface area contributed by atoms with Crippen molar-refractivity contribution < 1.29 is 4.79 Å². The first-order chi connectivity index (χ1) is 6.19. The monoisotopic (exact) mass is 257 g/mol. The van der Waals surface area contributed by atoms with Crippen LogP contribution in [-0.4, -0.2) is 11.1 Å². The van der Waals surface area contributed by atoms with Crippen LogP contribution in [0.2, 0.25) is 5.02 Å². The molecule has 2 nitrogen and oxygen atoms in total. The summed E-state index contributed by atoms with van der Waals surface area (Å²) in [5.74, 6) is -0.123. The molecule has 0 saturated heterocycles. The Hall–Kier alpha value is -0.850. The van der Waals surface area contributed by atoms with E-state index in [1.54, 1.807) is 12.1 Å². The molecule has 0 spiro atoms. The maximum absolute atomic E-state index is 11.3. The molecular formula is C9H5BrClNO. The fraction of sp³-hybridized carbons (Fsp3) is 0.111. The normalized spacial score (nSPS) is 9.31. The molecular weight excluding hydrogens is 253 g/mol. The van der Waals surface area contributed by atoms with Crippen LogP contribution in [0.1, 0.15) is 15.9 Å². The van der Waals surface area contributed by atoms with Crippen molar-refractivity contribution in [3.8, 4) is 6.07 Å². The molecule has 0 bridgehead atoms. The number of carbonyl (C=O) groups is 1. The predicted octanol–water partition coefficient (Wildman–Crippen LogP) is 2.79. The average Bonchev–Trinajstić information content (AvgIpc) is 2.17. The van der Waals surface area contributed by atoms with Gasteiger partial charge in [0.05, 0.1) is 22.0 Å². The smallest absolute Gasteiger partial charge is 0.174 e. The van der Waals surface area contributed by atoms with Crippen molar-refractivity contribution in [2.45, 2.75) is 0 Å². The second kappa shape index (κ2) is 4.40. The van der Waals surface area contributed by atoms with E-state index >= 15 is 0 Å². The molecule has 0 aliphatic heterocycles. The second-order valence-corrected chi connectivity index (χ2v) is 3.33. The maximum Gasteiger partial charge on any atom is 0.174 e. The number of hydrogen-bond acceptors (Lipinski definition) is 2. The van der Waals surface area contributed by atoms with Gasteiger partial charge in [-0.3, -0.25) is 4.79 Å².